The van der Waals surface area contributed by atoms with Crippen molar-refractivity contribution in [3.05, 3.63) is 33.9 Å². The number of carboxylic acids is 1. The standard InChI is InChI=1S/C12H16N2O4/c1-8(12(15)16)6-7-13-10-4-3-5-11(9(10)2)14(17)18/h3-5,8,13H,6-7H2,1-2H3,(H,15,16). The van der Waals surface area contributed by atoms with E-state index < -0.39 is 16.8 Å². The lowest BCUT2D eigenvalue weighted by Gasteiger charge is -2.11. The largest absolute Gasteiger partial charge is 0.481 e. The predicted octanol–water partition coefficient (Wildman–Crippen LogP) is 2.43. The highest BCUT2D eigenvalue weighted by Gasteiger charge is 2.14. The molecule has 0 heterocycles. The Morgan fingerprint density at radius 3 is 2.78 bits per heavy atom. The van der Waals surface area contributed by atoms with Crippen molar-refractivity contribution in [2.75, 3.05) is 11.9 Å². The van der Waals surface area contributed by atoms with Crippen LogP contribution in [0.1, 0.15) is 18.9 Å². The molecule has 0 aliphatic heterocycles. The van der Waals surface area contributed by atoms with Gasteiger partial charge in [0.15, 0.2) is 0 Å². The van der Waals surface area contributed by atoms with E-state index in [1.54, 1.807) is 26.0 Å². The van der Waals surface area contributed by atoms with E-state index in [0.717, 1.165) is 0 Å². The minimum Gasteiger partial charge on any atom is -0.481 e. The fraction of sp³-hybridized carbons (Fsp3) is 0.417. The first-order valence-electron chi connectivity index (χ1n) is 5.64. The molecule has 6 heteroatoms. The van der Waals surface area contributed by atoms with Gasteiger partial charge in [-0.3, -0.25) is 14.9 Å². The summed E-state index contributed by atoms with van der Waals surface area (Å²) >= 11 is 0. The Morgan fingerprint density at radius 2 is 2.22 bits per heavy atom. The van der Waals surface area contributed by atoms with Gasteiger partial charge in [0.25, 0.3) is 5.69 Å². The van der Waals surface area contributed by atoms with Crippen molar-refractivity contribution >= 4 is 17.3 Å². The first kappa shape index (κ1) is 14.0. The zero-order valence-electron chi connectivity index (χ0n) is 10.3. The van der Waals surface area contributed by atoms with Gasteiger partial charge in [-0.2, -0.15) is 0 Å². The minimum atomic E-state index is -0.840. The third-order valence-corrected chi connectivity index (χ3v) is 2.82. The third-order valence-electron chi connectivity index (χ3n) is 2.82. The smallest absolute Gasteiger partial charge is 0.306 e. The third kappa shape index (κ3) is 3.44. The Hall–Kier alpha value is -2.11. The van der Waals surface area contributed by atoms with Crippen LogP contribution in [0.15, 0.2) is 18.2 Å². The second kappa shape index (κ2) is 6.00. The highest BCUT2D eigenvalue weighted by Crippen LogP contribution is 2.25. The molecule has 0 bridgehead atoms. The molecule has 0 fully saturated rings. The summed E-state index contributed by atoms with van der Waals surface area (Å²) in [4.78, 5) is 21.0. The van der Waals surface area contributed by atoms with Crippen molar-refractivity contribution in [2.45, 2.75) is 20.3 Å². The molecule has 1 aromatic carbocycles. The zero-order valence-corrected chi connectivity index (χ0v) is 10.3. The van der Waals surface area contributed by atoms with Crippen molar-refractivity contribution in [1.29, 1.82) is 0 Å². The van der Waals surface area contributed by atoms with E-state index in [-0.39, 0.29) is 5.69 Å². The van der Waals surface area contributed by atoms with E-state index in [2.05, 4.69) is 5.32 Å². The first-order valence-corrected chi connectivity index (χ1v) is 5.64. The van der Waals surface area contributed by atoms with Gasteiger partial charge in [0.1, 0.15) is 0 Å². The van der Waals surface area contributed by atoms with E-state index in [9.17, 15) is 14.9 Å². The number of hydrogen-bond donors (Lipinski definition) is 2. The van der Waals surface area contributed by atoms with Crippen LogP contribution in [-0.2, 0) is 4.79 Å². The predicted molar refractivity (Wildman–Crippen MR) is 67.7 cm³/mol. The molecule has 1 atom stereocenters. The van der Waals surface area contributed by atoms with Crippen molar-refractivity contribution in [3.63, 3.8) is 0 Å². The number of carbonyl (C=O) groups is 1. The number of nitro groups is 1. The summed E-state index contributed by atoms with van der Waals surface area (Å²) in [7, 11) is 0. The number of hydrogen-bond acceptors (Lipinski definition) is 4. The summed E-state index contributed by atoms with van der Waals surface area (Å²) in [5.74, 6) is -1.27. The van der Waals surface area contributed by atoms with Crippen molar-refractivity contribution in [1.82, 2.24) is 0 Å². The number of nitrogens with zero attached hydrogens (tertiary/aromatic N) is 1. The van der Waals surface area contributed by atoms with Gasteiger partial charge in [0, 0.05) is 23.9 Å². The molecule has 0 saturated heterocycles. The molecule has 1 aromatic rings. The molecule has 0 aliphatic carbocycles. The number of rotatable bonds is 6. The molecule has 1 unspecified atom stereocenters. The molecular formula is C12H16N2O4. The number of benzene rings is 1. The van der Waals surface area contributed by atoms with Crippen LogP contribution in [-0.4, -0.2) is 22.5 Å². The molecule has 1 rings (SSSR count). The van der Waals surface area contributed by atoms with Crippen molar-refractivity contribution in [2.24, 2.45) is 5.92 Å². The van der Waals surface area contributed by atoms with Gasteiger partial charge < -0.3 is 10.4 Å². The first-order chi connectivity index (χ1) is 8.43. The molecule has 0 amide bonds. The van der Waals surface area contributed by atoms with Crippen LogP contribution in [0, 0.1) is 23.0 Å². The molecule has 0 saturated carbocycles. The van der Waals surface area contributed by atoms with Crippen LogP contribution in [0.25, 0.3) is 0 Å². The van der Waals surface area contributed by atoms with Crippen LogP contribution in [0.3, 0.4) is 0 Å². The summed E-state index contributed by atoms with van der Waals surface area (Å²) < 4.78 is 0. The number of nitrogens with one attached hydrogen (secondary N) is 1. The zero-order chi connectivity index (χ0) is 13.7. The van der Waals surface area contributed by atoms with Gasteiger partial charge >= 0.3 is 5.97 Å². The second-order valence-corrected chi connectivity index (χ2v) is 4.16. The quantitative estimate of drug-likeness (QED) is 0.599. The van der Waals surface area contributed by atoms with Gasteiger partial charge in [0.05, 0.1) is 10.8 Å². The van der Waals surface area contributed by atoms with E-state index >= 15 is 0 Å². The average Bonchev–Trinajstić information content (AvgIpc) is 2.30. The Kier molecular flexibility index (Phi) is 4.65. The van der Waals surface area contributed by atoms with Crippen LogP contribution in [0.5, 0.6) is 0 Å². The Morgan fingerprint density at radius 1 is 1.56 bits per heavy atom. The number of aliphatic carboxylic acids is 1. The lowest BCUT2D eigenvalue weighted by molar-refractivity contribution is -0.385. The molecule has 2 N–H and O–H groups in total. The summed E-state index contributed by atoms with van der Waals surface area (Å²) in [6.45, 7) is 3.76. The second-order valence-electron chi connectivity index (χ2n) is 4.16. The SMILES string of the molecule is Cc1c(NCCC(C)C(=O)O)cccc1[N+](=O)[O-]. The molecule has 0 spiro atoms. The minimum absolute atomic E-state index is 0.0614. The molecular weight excluding hydrogens is 236 g/mol. The molecule has 0 aliphatic rings. The lowest BCUT2D eigenvalue weighted by Crippen LogP contribution is -2.14. The maximum absolute atomic E-state index is 10.7. The van der Waals surface area contributed by atoms with Crippen molar-refractivity contribution in [3.8, 4) is 0 Å². The van der Waals surface area contributed by atoms with Gasteiger partial charge in [-0.15, -0.1) is 0 Å². The monoisotopic (exact) mass is 252 g/mol. The van der Waals surface area contributed by atoms with E-state index in [1.165, 1.54) is 6.07 Å². The molecule has 0 aromatic heterocycles. The number of carboxylic acid groups (broad SMARTS) is 1. The normalized spacial score (nSPS) is 11.9. The summed E-state index contributed by atoms with van der Waals surface area (Å²) in [5.41, 5.74) is 1.29. The summed E-state index contributed by atoms with van der Waals surface area (Å²) in [5, 5.41) is 22.5. The van der Waals surface area contributed by atoms with Crippen molar-refractivity contribution < 1.29 is 14.8 Å². The lowest BCUT2D eigenvalue weighted by atomic mass is 10.1. The van der Waals surface area contributed by atoms with E-state index in [4.69, 9.17) is 5.11 Å². The van der Waals surface area contributed by atoms with E-state index in [0.29, 0.717) is 24.2 Å². The number of anilines is 1. The van der Waals surface area contributed by atoms with Gasteiger partial charge in [-0.1, -0.05) is 13.0 Å². The van der Waals surface area contributed by atoms with Crippen LogP contribution in [0.2, 0.25) is 0 Å². The topological polar surface area (TPSA) is 92.5 Å². The van der Waals surface area contributed by atoms with Gasteiger partial charge in [0.2, 0.25) is 0 Å². The Bertz CT molecular complexity index is 459. The van der Waals surface area contributed by atoms with Crippen LogP contribution in [0.4, 0.5) is 11.4 Å². The average molecular weight is 252 g/mol. The molecule has 0 radical (unpaired) electrons. The highest BCUT2D eigenvalue weighted by atomic mass is 16.6. The maximum atomic E-state index is 10.7. The molecule has 6 nitrogen and oxygen atoms in total. The number of nitro benzene ring substituents is 1. The molecule has 98 valence electrons. The fourth-order valence-corrected chi connectivity index (χ4v) is 1.56. The highest BCUT2D eigenvalue weighted by molar-refractivity contribution is 5.69. The summed E-state index contributed by atoms with van der Waals surface area (Å²) in [6, 6.07) is 4.79. The fourth-order valence-electron chi connectivity index (χ4n) is 1.56. The summed E-state index contributed by atoms with van der Waals surface area (Å²) in [6.07, 6.45) is 0.470. The Labute approximate surface area is 105 Å². The van der Waals surface area contributed by atoms with Crippen LogP contribution < -0.4 is 5.32 Å². The van der Waals surface area contributed by atoms with Crippen LogP contribution >= 0.6 is 0 Å². The Balaban J connectivity index is 2.66. The molecule has 18 heavy (non-hydrogen) atoms. The van der Waals surface area contributed by atoms with E-state index in [1.807, 2.05) is 0 Å². The van der Waals surface area contributed by atoms with Gasteiger partial charge in [-0.25, -0.2) is 0 Å². The maximum Gasteiger partial charge on any atom is 0.306 e. The van der Waals surface area contributed by atoms with Gasteiger partial charge in [-0.05, 0) is 19.4 Å².